The molecule has 0 saturated carbocycles. The first kappa shape index (κ1) is 18.1. The van der Waals surface area contributed by atoms with E-state index in [0.29, 0.717) is 12.1 Å². The molecule has 1 atom stereocenters. The Bertz CT molecular complexity index is 386. The number of pyridine rings is 1. The summed E-state index contributed by atoms with van der Waals surface area (Å²) < 4.78 is 0. The number of hydrogen-bond donors (Lipinski definition) is 1. The molecule has 120 valence electrons. The van der Waals surface area contributed by atoms with Crippen LogP contribution >= 0.6 is 0 Å². The first-order valence-corrected chi connectivity index (χ1v) is 7.98. The van der Waals surface area contributed by atoms with Crippen LogP contribution < -0.4 is 5.32 Å². The second kappa shape index (κ2) is 9.13. The number of aromatic nitrogens is 1. The van der Waals surface area contributed by atoms with Crippen molar-refractivity contribution in [2.24, 2.45) is 0 Å². The lowest BCUT2D eigenvalue weighted by Crippen LogP contribution is -2.39. The van der Waals surface area contributed by atoms with Crippen molar-refractivity contribution in [3.05, 3.63) is 29.6 Å². The Balaban J connectivity index is 2.56. The van der Waals surface area contributed by atoms with Crippen LogP contribution in [0.3, 0.4) is 0 Å². The number of hydrogen-bond acceptors (Lipinski definition) is 4. The third kappa shape index (κ3) is 7.02. The maximum absolute atomic E-state index is 4.61. The Kier molecular flexibility index (Phi) is 7.86. The van der Waals surface area contributed by atoms with E-state index in [-0.39, 0.29) is 0 Å². The Morgan fingerprint density at radius 3 is 2.38 bits per heavy atom. The van der Waals surface area contributed by atoms with Crippen LogP contribution in [0.5, 0.6) is 0 Å². The van der Waals surface area contributed by atoms with E-state index in [2.05, 4.69) is 74.0 Å². The van der Waals surface area contributed by atoms with Crippen LogP contribution in [0.15, 0.2) is 18.3 Å². The lowest BCUT2D eigenvalue weighted by Gasteiger charge is -2.29. The van der Waals surface area contributed by atoms with Crippen molar-refractivity contribution in [1.82, 2.24) is 20.1 Å². The summed E-state index contributed by atoms with van der Waals surface area (Å²) in [6.07, 6.45) is 2.00. The molecule has 0 radical (unpaired) electrons. The normalized spacial score (nSPS) is 13.4. The van der Waals surface area contributed by atoms with E-state index in [1.54, 1.807) is 0 Å². The van der Waals surface area contributed by atoms with Gasteiger partial charge < -0.3 is 10.2 Å². The van der Waals surface area contributed by atoms with Crippen LogP contribution in [0.2, 0.25) is 0 Å². The molecule has 0 saturated heterocycles. The highest BCUT2D eigenvalue weighted by Gasteiger charge is 2.13. The molecular formula is C17H32N4. The topological polar surface area (TPSA) is 31.4 Å². The van der Waals surface area contributed by atoms with Gasteiger partial charge in [0.05, 0.1) is 5.69 Å². The molecular weight excluding hydrogens is 260 g/mol. The molecule has 0 bridgehead atoms. The number of likely N-dealkylation sites (N-methyl/N-ethyl adjacent to an activating group) is 2. The average molecular weight is 292 g/mol. The summed E-state index contributed by atoms with van der Waals surface area (Å²) in [6.45, 7) is 12.7. The van der Waals surface area contributed by atoms with Gasteiger partial charge in [0, 0.05) is 37.9 Å². The van der Waals surface area contributed by atoms with E-state index in [1.807, 2.05) is 6.20 Å². The fraction of sp³-hybridized carbons (Fsp3) is 0.706. The molecule has 21 heavy (non-hydrogen) atoms. The molecule has 0 amide bonds. The molecule has 0 spiro atoms. The highest BCUT2D eigenvalue weighted by atomic mass is 15.2. The molecule has 0 aliphatic rings. The standard InChI is InChI=1S/C17H32N4/c1-7-21(15(4)12-20(5)6)13-17-9-8-16(11-19-17)10-18-14(2)3/h8-9,11,14-15,18H,7,10,12-13H2,1-6H3. The number of rotatable bonds is 9. The minimum Gasteiger partial charge on any atom is -0.310 e. The summed E-state index contributed by atoms with van der Waals surface area (Å²) in [6, 6.07) is 5.38. The fourth-order valence-electron chi connectivity index (χ4n) is 2.41. The van der Waals surface area contributed by atoms with Crippen molar-refractivity contribution in [2.45, 2.75) is 52.9 Å². The quantitative estimate of drug-likeness (QED) is 0.757. The summed E-state index contributed by atoms with van der Waals surface area (Å²) in [5.41, 5.74) is 2.40. The van der Waals surface area contributed by atoms with E-state index >= 15 is 0 Å². The van der Waals surface area contributed by atoms with Crippen molar-refractivity contribution in [3.63, 3.8) is 0 Å². The first-order chi connectivity index (χ1) is 9.92. The van der Waals surface area contributed by atoms with Crippen molar-refractivity contribution in [1.29, 1.82) is 0 Å². The molecule has 0 aromatic carbocycles. The van der Waals surface area contributed by atoms with Gasteiger partial charge in [0.1, 0.15) is 0 Å². The molecule has 1 unspecified atom stereocenters. The van der Waals surface area contributed by atoms with Crippen LogP contribution in [0, 0.1) is 0 Å². The van der Waals surface area contributed by atoms with E-state index in [9.17, 15) is 0 Å². The van der Waals surface area contributed by atoms with Gasteiger partial charge in [-0.2, -0.15) is 0 Å². The molecule has 0 aliphatic heterocycles. The van der Waals surface area contributed by atoms with Crippen molar-refractivity contribution in [3.8, 4) is 0 Å². The van der Waals surface area contributed by atoms with Gasteiger partial charge in [0.2, 0.25) is 0 Å². The predicted octanol–water partition coefficient (Wildman–Crippen LogP) is 2.35. The molecule has 0 aliphatic carbocycles. The Labute approximate surface area is 130 Å². The molecule has 1 rings (SSSR count). The SMILES string of the molecule is CCN(Cc1ccc(CNC(C)C)cn1)C(C)CN(C)C. The van der Waals surface area contributed by atoms with E-state index in [4.69, 9.17) is 0 Å². The highest BCUT2D eigenvalue weighted by molar-refractivity contribution is 5.14. The van der Waals surface area contributed by atoms with Gasteiger partial charge in [-0.15, -0.1) is 0 Å². The predicted molar refractivity (Wildman–Crippen MR) is 90.3 cm³/mol. The second-order valence-corrected chi connectivity index (χ2v) is 6.37. The Morgan fingerprint density at radius 1 is 1.19 bits per heavy atom. The van der Waals surface area contributed by atoms with E-state index in [1.165, 1.54) is 5.56 Å². The fourth-order valence-corrected chi connectivity index (χ4v) is 2.41. The van der Waals surface area contributed by atoms with Crippen LogP contribution in [-0.2, 0) is 13.1 Å². The Morgan fingerprint density at radius 2 is 1.90 bits per heavy atom. The van der Waals surface area contributed by atoms with Gasteiger partial charge in [-0.1, -0.05) is 26.8 Å². The Hall–Kier alpha value is -0.970. The summed E-state index contributed by atoms with van der Waals surface area (Å²) in [5.74, 6) is 0. The second-order valence-electron chi connectivity index (χ2n) is 6.37. The lowest BCUT2D eigenvalue weighted by atomic mass is 10.2. The van der Waals surface area contributed by atoms with Crippen LogP contribution in [0.1, 0.15) is 39.0 Å². The van der Waals surface area contributed by atoms with Gasteiger partial charge in [-0.25, -0.2) is 0 Å². The highest BCUT2D eigenvalue weighted by Crippen LogP contribution is 2.08. The minimum absolute atomic E-state index is 0.507. The molecule has 1 aromatic rings. The van der Waals surface area contributed by atoms with Crippen LogP contribution in [-0.4, -0.2) is 54.1 Å². The number of nitrogens with zero attached hydrogens (tertiary/aromatic N) is 3. The largest absolute Gasteiger partial charge is 0.310 e. The zero-order valence-electron chi connectivity index (χ0n) is 14.6. The molecule has 0 fully saturated rings. The zero-order chi connectivity index (χ0) is 15.8. The maximum Gasteiger partial charge on any atom is 0.0544 e. The molecule has 1 N–H and O–H groups in total. The van der Waals surface area contributed by atoms with Gasteiger partial charge >= 0.3 is 0 Å². The smallest absolute Gasteiger partial charge is 0.0544 e. The zero-order valence-corrected chi connectivity index (χ0v) is 14.6. The summed E-state index contributed by atoms with van der Waals surface area (Å²) in [7, 11) is 4.25. The molecule has 1 heterocycles. The first-order valence-electron chi connectivity index (χ1n) is 7.98. The molecule has 4 nitrogen and oxygen atoms in total. The van der Waals surface area contributed by atoms with Gasteiger partial charge in [-0.05, 0) is 39.2 Å². The van der Waals surface area contributed by atoms with Gasteiger partial charge in [0.25, 0.3) is 0 Å². The van der Waals surface area contributed by atoms with Crippen molar-refractivity contribution >= 4 is 0 Å². The van der Waals surface area contributed by atoms with E-state index < -0.39 is 0 Å². The molecule has 4 heteroatoms. The maximum atomic E-state index is 4.61. The van der Waals surface area contributed by atoms with Gasteiger partial charge in [0.15, 0.2) is 0 Å². The van der Waals surface area contributed by atoms with Crippen molar-refractivity contribution in [2.75, 3.05) is 27.2 Å². The summed E-state index contributed by atoms with van der Waals surface area (Å²) in [4.78, 5) is 9.31. The summed E-state index contributed by atoms with van der Waals surface area (Å²) >= 11 is 0. The third-order valence-electron chi connectivity index (χ3n) is 3.62. The van der Waals surface area contributed by atoms with Gasteiger partial charge in [-0.3, -0.25) is 9.88 Å². The number of nitrogens with one attached hydrogen (secondary N) is 1. The third-order valence-corrected chi connectivity index (χ3v) is 3.62. The monoisotopic (exact) mass is 292 g/mol. The average Bonchev–Trinajstić information content (AvgIpc) is 2.42. The molecule has 1 aromatic heterocycles. The van der Waals surface area contributed by atoms with Crippen LogP contribution in [0.4, 0.5) is 0 Å². The van der Waals surface area contributed by atoms with E-state index in [0.717, 1.165) is 31.9 Å². The van der Waals surface area contributed by atoms with Crippen LogP contribution in [0.25, 0.3) is 0 Å². The lowest BCUT2D eigenvalue weighted by molar-refractivity contribution is 0.172. The summed E-state index contributed by atoms with van der Waals surface area (Å²) in [5, 5.41) is 3.42. The van der Waals surface area contributed by atoms with Crippen molar-refractivity contribution < 1.29 is 0 Å². The minimum atomic E-state index is 0.507.